The maximum Gasteiger partial charge on any atom is 0.195 e. The summed E-state index contributed by atoms with van der Waals surface area (Å²) in [5.74, 6) is 0.910. The van der Waals surface area contributed by atoms with Crippen LogP contribution in [0.3, 0.4) is 0 Å². The molecule has 0 saturated heterocycles. The standard InChI is InChI=1S/C8H15N3O2S/c1-6(5-13-2)3-11-7(4-12)9-10-8(11)14/h6,12H,3-5H2,1-2H3,(H,10,14). The number of aliphatic hydroxyl groups excluding tert-OH is 1. The molecule has 0 fully saturated rings. The second kappa shape index (κ2) is 5.23. The highest BCUT2D eigenvalue weighted by molar-refractivity contribution is 7.71. The molecular weight excluding hydrogens is 202 g/mol. The first kappa shape index (κ1) is 11.4. The van der Waals surface area contributed by atoms with E-state index in [1.165, 1.54) is 0 Å². The van der Waals surface area contributed by atoms with E-state index >= 15 is 0 Å². The highest BCUT2D eigenvalue weighted by atomic mass is 32.1. The zero-order valence-corrected chi connectivity index (χ0v) is 9.17. The van der Waals surface area contributed by atoms with Crippen molar-refractivity contribution in [3.63, 3.8) is 0 Å². The quantitative estimate of drug-likeness (QED) is 0.713. The Bertz CT molecular complexity index is 334. The van der Waals surface area contributed by atoms with Gasteiger partial charge < -0.3 is 14.4 Å². The molecule has 1 aromatic heterocycles. The molecule has 0 radical (unpaired) electrons. The number of rotatable bonds is 5. The van der Waals surface area contributed by atoms with Crippen LogP contribution in [0, 0.1) is 10.7 Å². The minimum atomic E-state index is -0.104. The third kappa shape index (κ3) is 2.63. The molecule has 2 N–H and O–H groups in total. The highest BCUT2D eigenvalue weighted by Crippen LogP contribution is 2.05. The Morgan fingerprint density at radius 1 is 1.71 bits per heavy atom. The molecule has 0 bridgehead atoms. The van der Waals surface area contributed by atoms with Crippen molar-refractivity contribution < 1.29 is 9.84 Å². The van der Waals surface area contributed by atoms with Crippen LogP contribution >= 0.6 is 12.2 Å². The predicted molar refractivity (Wildman–Crippen MR) is 54.4 cm³/mol. The van der Waals surface area contributed by atoms with Gasteiger partial charge in [-0.2, -0.15) is 5.10 Å². The molecule has 0 saturated carbocycles. The Labute approximate surface area is 87.7 Å². The Balaban J connectivity index is 2.74. The smallest absolute Gasteiger partial charge is 0.195 e. The van der Waals surface area contributed by atoms with Crippen LogP contribution in [-0.4, -0.2) is 33.6 Å². The zero-order valence-electron chi connectivity index (χ0n) is 8.36. The average molecular weight is 217 g/mol. The lowest BCUT2D eigenvalue weighted by molar-refractivity contribution is 0.149. The number of ether oxygens (including phenoxy) is 1. The van der Waals surface area contributed by atoms with Gasteiger partial charge in [-0.25, -0.2) is 0 Å². The molecule has 14 heavy (non-hydrogen) atoms. The van der Waals surface area contributed by atoms with Crippen LogP contribution in [0.2, 0.25) is 0 Å². The van der Waals surface area contributed by atoms with Gasteiger partial charge in [-0.05, 0) is 18.1 Å². The van der Waals surface area contributed by atoms with E-state index in [9.17, 15) is 0 Å². The Kier molecular flexibility index (Phi) is 4.24. The van der Waals surface area contributed by atoms with Gasteiger partial charge in [-0.3, -0.25) is 5.10 Å². The fourth-order valence-corrected chi connectivity index (χ4v) is 1.53. The fourth-order valence-electron chi connectivity index (χ4n) is 1.31. The average Bonchev–Trinajstić information content (AvgIpc) is 2.48. The largest absolute Gasteiger partial charge is 0.388 e. The van der Waals surface area contributed by atoms with Gasteiger partial charge in [0.2, 0.25) is 0 Å². The number of nitrogens with one attached hydrogen (secondary N) is 1. The molecule has 5 nitrogen and oxygen atoms in total. The lowest BCUT2D eigenvalue weighted by Crippen LogP contribution is -2.15. The van der Waals surface area contributed by atoms with Gasteiger partial charge in [0.15, 0.2) is 10.6 Å². The van der Waals surface area contributed by atoms with Crippen LogP contribution in [0.15, 0.2) is 0 Å². The van der Waals surface area contributed by atoms with E-state index in [0.717, 1.165) is 0 Å². The van der Waals surface area contributed by atoms with E-state index in [-0.39, 0.29) is 6.61 Å². The summed E-state index contributed by atoms with van der Waals surface area (Å²) in [5.41, 5.74) is 0. The first-order chi connectivity index (χ1) is 6.69. The monoisotopic (exact) mass is 217 g/mol. The van der Waals surface area contributed by atoms with Crippen molar-refractivity contribution in [3.05, 3.63) is 10.6 Å². The van der Waals surface area contributed by atoms with E-state index in [1.54, 1.807) is 11.7 Å². The third-order valence-electron chi connectivity index (χ3n) is 1.92. The minimum Gasteiger partial charge on any atom is -0.388 e. The molecular formula is C8H15N3O2S. The van der Waals surface area contributed by atoms with Crippen LogP contribution in [0.5, 0.6) is 0 Å². The summed E-state index contributed by atoms with van der Waals surface area (Å²) in [7, 11) is 1.66. The number of aromatic amines is 1. The summed E-state index contributed by atoms with van der Waals surface area (Å²) in [5, 5.41) is 15.5. The number of aromatic nitrogens is 3. The van der Waals surface area contributed by atoms with E-state index in [0.29, 0.717) is 29.7 Å². The van der Waals surface area contributed by atoms with Crippen molar-refractivity contribution >= 4 is 12.2 Å². The molecule has 1 heterocycles. The summed E-state index contributed by atoms with van der Waals surface area (Å²) in [6, 6.07) is 0. The molecule has 0 aromatic carbocycles. The lowest BCUT2D eigenvalue weighted by atomic mass is 10.2. The summed E-state index contributed by atoms with van der Waals surface area (Å²) in [4.78, 5) is 0. The molecule has 1 unspecified atom stereocenters. The number of hydrogen-bond acceptors (Lipinski definition) is 4. The van der Waals surface area contributed by atoms with Crippen LogP contribution in [0.25, 0.3) is 0 Å². The van der Waals surface area contributed by atoms with E-state index in [2.05, 4.69) is 17.1 Å². The molecule has 1 aromatic rings. The number of methoxy groups -OCH3 is 1. The first-order valence-electron chi connectivity index (χ1n) is 4.43. The van der Waals surface area contributed by atoms with Gasteiger partial charge in [-0.1, -0.05) is 6.92 Å². The summed E-state index contributed by atoms with van der Waals surface area (Å²) < 4.78 is 7.35. The second-order valence-electron chi connectivity index (χ2n) is 3.27. The Hall–Kier alpha value is -0.720. The lowest BCUT2D eigenvalue weighted by Gasteiger charge is -2.11. The van der Waals surface area contributed by atoms with Crippen molar-refractivity contribution in [2.24, 2.45) is 5.92 Å². The zero-order chi connectivity index (χ0) is 10.6. The number of hydrogen-bond donors (Lipinski definition) is 2. The predicted octanol–water partition coefficient (Wildman–Crippen LogP) is 0.715. The molecule has 6 heteroatoms. The van der Waals surface area contributed by atoms with Gasteiger partial charge in [0.1, 0.15) is 6.61 Å². The SMILES string of the molecule is COCC(C)Cn1c(CO)n[nH]c1=S. The molecule has 1 rings (SSSR count). The van der Waals surface area contributed by atoms with Crippen molar-refractivity contribution in [1.29, 1.82) is 0 Å². The number of aliphatic hydroxyl groups is 1. The van der Waals surface area contributed by atoms with E-state index < -0.39 is 0 Å². The van der Waals surface area contributed by atoms with Crippen molar-refractivity contribution in [2.75, 3.05) is 13.7 Å². The number of nitrogens with zero attached hydrogens (tertiary/aromatic N) is 2. The van der Waals surface area contributed by atoms with Gasteiger partial charge in [-0.15, -0.1) is 0 Å². The summed E-state index contributed by atoms with van der Waals surface area (Å²) >= 11 is 5.03. The molecule has 0 amide bonds. The van der Waals surface area contributed by atoms with Crippen molar-refractivity contribution in [1.82, 2.24) is 14.8 Å². The molecule has 1 atom stereocenters. The maximum atomic E-state index is 8.99. The van der Waals surface area contributed by atoms with E-state index in [4.69, 9.17) is 22.1 Å². The normalized spacial score (nSPS) is 13.1. The summed E-state index contributed by atoms with van der Waals surface area (Å²) in [6.07, 6.45) is 0. The number of H-pyrrole nitrogens is 1. The van der Waals surface area contributed by atoms with Gasteiger partial charge in [0.05, 0.1) is 6.61 Å². The fraction of sp³-hybridized carbons (Fsp3) is 0.750. The Morgan fingerprint density at radius 2 is 2.43 bits per heavy atom. The van der Waals surface area contributed by atoms with E-state index in [1.807, 2.05) is 0 Å². The van der Waals surface area contributed by atoms with Crippen LogP contribution in [0.1, 0.15) is 12.7 Å². The second-order valence-corrected chi connectivity index (χ2v) is 3.66. The molecule has 80 valence electrons. The summed E-state index contributed by atoms with van der Waals surface area (Å²) in [6.45, 7) is 3.32. The molecule has 0 aliphatic rings. The van der Waals surface area contributed by atoms with Crippen molar-refractivity contribution in [2.45, 2.75) is 20.1 Å². The van der Waals surface area contributed by atoms with Crippen LogP contribution < -0.4 is 0 Å². The van der Waals surface area contributed by atoms with Gasteiger partial charge in [0.25, 0.3) is 0 Å². The Morgan fingerprint density at radius 3 is 3.00 bits per heavy atom. The maximum absolute atomic E-state index is 8.99. The topological polar surface area (TPSA) is 63.1 Å². The first-order valence-corrected chi connectivity index (χ1v) is 4.83. The molecule has 0 spiro atoms. The molecule has 0 aliphatic carbocycles. The minimum absolute atomic E-state index is 0.104. The third-order valence-corrected chi connectivity index (χ3v) is 2.24. The highest BCUT2D eigenvalue weighted by Gasteiger charge is 2.08. The van der Waals surface area contributed by atoms with Crippen LogP contribution in [-0.2, 0) is 17.9 Å². The van der Waals surface area contributed by atoms with Crippen LogP contribution in [0.4, 0.5) is 0 Å². The van der Waals surface area contributed by atoms with Gasteiger partial charge in [0, 0.05) is 13.7 Å². The van der Waals surface area contributed by atoms with Gasteiger partial charge >= 0.3 is 0 Å². The van der Waals surface area contributed by atoms with Crippen molar-refractivity contribution in [3.8, 4) is 0 Å². The molecule has 0 aliphatic heterocycles.